The Morgan fingerprint density at radius 3 is 2.76 bits per heavy atom. The minimum absolute atomic E-state index is 0.250. The second kappa shape index (κ2) is 4.02. The predicted molar refractivity (Wildman–Crippen MR) is 63.4 cm³/mol. The third-order valence-electron chi connectivity index (χ3n) is 2.44. The lowest BCUT2D eigenvalue weighted by atomic mass is 10.1. The number of nitriles is 1. The van der Waals surface area contributed by atoms with Crippen molar-refractivity contribution in [3.63, 3.8) is 0 Å². The van der Waals surface area contributed by atoms with Gasteiger partial charge in [0.25, 0.3) is 5.91 Å². The Morgan fingerprint density at radius 2 is 2.12 bits per heavy atom. The van der Waals surface area contributed by atoms with Gasteiger partial charge >= 0.3 is 0 Å². The highest BCUT2D eigenvalue weighted by atomic mass is 16.1. The van der Waals surface area contributed by atoms with Gasteiger partial charge in [-0.1, -0.05) is 0 Å². The van der Waals surface area contributed by atoms with Gasteiger partial charge in [-0.25, -0.2) is 0 Å². The quantitative estimate of drug-likeness (QED) is 0.748. The van der Waals surface area contributed by atoms with Crippen molar-refractivity contribution in [1.29, 1.82) is 5.26 Å². The van der Waals surface area contributed by atoms with Crippen LogP contribution in [0.4, 0.5) is 5.69 Å². The summed E-state index contributed by atoms with van der Waals surface area (Å²) in [5.74, 6) is -0.588. The summed E-state index contributed by atoms with van der Waals surface area (Å²) in [7, 11) is 0. The number of nitrogens with two attached hydrogens (primary N) is 2. The SMILES string of the molecule is N#Cc1cccn1-c1ccc(N)c(C(N)=O)c1. The van der Waals surface area contributed by atoms with E-state index in [0.717, 1.165) is 0 Å². The van der Waals surface area contributed by atoms with Gasteiger partial charge < -0.3 is 16.0 Å². The first-order valence-electron chi connectivity index (χ1n) is 4.90. The van der Waals surface area contributed by atoms with Crippen LogP contribution in [0.25, 0.3) is 5.69 Å². The molecule has 2 aromatic rings. The molecule has 0 fully saturated rings. The van der Waals surface area contributed by atoms with Crippen molar-refractivity contribution in [2.75, 3.05) is 5.73 Å². The number of primary amides is 1. The molecule has 17 heavy (non-hydrogen) atoms. The number of amides is 1. The van der Waals surface area contributed by atoms with Gasteiger partial charge in [-0.2, -0.15) is 5.26 Å². The molecule has 0 unspecified atom stereocenters. The largest absolute Gasteiger partial charge is 0.398 e. The van der Waals surface area contributed by atoms with Gasteiger partial charge in [0.1, 0.15) is 11.8 Å². The summed E-state index contributed by atoms with van der Waals surface area (Å²) < 4.78 is 1.66. The lowest BCUT2D eigenvalue weighted by Gasteiger charge is -2.08. The van der Waals surface area contributed by atoms with E-state index in [1.165, 1.54) is 0 Å². The Labute approximate surface area is 97.9 Å². The zero-order valence-electron chi connectivity index (χ0n) is 8.92. The highest BCUT2D eigenvalue weighted by Crippen LogP contribution is 2.18. The van der Waals surface area contributed by atoms with E-state index < -0.39 is 5.91 Å². The van der Waals surface area contributed by atoms with Crippen LogP contribution in [0.5, 0.6) is 0 Å². The van der Waals surface area contributed by atoms with E-state index in [1.54, 1.807) is 41.1 Å². The van der Waals surface area contributed by atoms with E-state index in [0.29, 0.717) is 17.1 Å². The van der Waals surface area contributed by atoms with Crippen molar-refractivity contribution >= 4 is 11.6 Å². The molecule has 1 aromatic heterocycles. The fraction of sp³-hybridized carbons (Fsp3) is 0. The maximum absolute atomic E-state index is 11.2. The Morgan fingerprint density at radius 1 is 1.35 bits per heavy atom. The summed E-state index contributed by atoms with van der Waals surface area (Å²) in [5.41, 5.74) is 12.6. The summed E-state index contributed by atoms with van der Waals surface area (Å²) in [4.78, 5) is 11.2. The van der Waals surface area contributed by atoms with Gasteiger partial charge in [-0.3, -0.25) is 4.79 Å². The number of aromatic nitrogens is 1. The first-order chi connectivity index (χ1) is 8.13. The van der Waals surface area contributed by atoms with Crippen molar-refractivity contribution in [2.45, 2.75) is 0 Å². The van der Waals surface area contributed by atoms with Crippen LogP contribution in [-0.4, -0.2) is 10.5 Å². The van der Waals surface area contributed by atoms with E-state index in [4.69, 9.17) is 16.7 Å². The Kier molecular flexibility index (Phi) is 2.55. The summed E-state index contributed by atoms with van der Waals surface area (Å²) in [6, 6.07) is 10.4. The van der Waals surface area contributed by atoms with Crippen LogP contribution in [0.15, 0.2) is 36.5 Å². The molecule has 0 aliphatic heterocycles. The number of rotatable bonds is 2. The molecule has 0 bridgehead atoms. The zero-order valence-corrected chi connectivity index (χ0v) is 8.92. The minimum Gasteiger partial charge on any atom is -0.398 e. The Balaban J connectivity index is 2.59. The van der Waals surface area contributed by atoms with Gasteiger partial charge in [0.2, 0.25) is 0 Å². The molecular formula is C12H10N4O. The third-order valence-corrected chi connectivity index (χ3v) is 2.44. The number of carbonyl (C=O) groups is 1. The molecule has 2 rings (SSSR count). The van der Waals surface area contributed by atoms with Gasteiger partial charge in [-0.05, 0) is 30.3 Å². The Hall–Kier alpha value is -2.74. The average Bonchev–Trinajstić information content (AvgIpc) is 2.77. The molecule has 4 N–H and O–H groups in total. The van der Waals surface area contributed by atoms with Crippen LogP contribution in [0.3, 0.4) is 0 Å². The zero-order chi connectivity index (χ0) is 12.4. The van der Waals surface area contributed by atoms with Gasteiger partial charge in [0.05, 0.1) is 5.56 Å². The monoisotopic (exact) mass is 226 g/mol. The molecule has 0 atom stereocenters. The maximum atomic E-state index is 11.2. The fourth-order valence-electron chi connectivity index (χ4n) is 1.60. The van der Waals surface area contributed by atoms with E-state index in [2.05, 4.69) is 6.07 Å². The molecule has 1 heterocycles. The molecule has 1 amide bonds. The first-order valence-corrected chi connectivity index (χ1v) is 4.90. The van der Waals surface area contributed by atoms with E-state index in [9.17, 15) is 4.79 Å². The molecular weight excluding hydrogens is 216 g/mol. The van der Waals surface area contributed by atoms with Gasteiger partial charge in [0, 0.05) is 17.6 Å². The molecule has 0 aliphatic rings. The molecule has 0 aliphatic carbocycles. The summed E-state index contributed by atoms with van der Waals surface area (Å²) in [6.07, 6.45) is 1.73. The maximum Gasteiger partial charge on any atom is 0.250 e. The number of benzene rings is 1. The number of carbonyl (C=O) groups excluding carboxylic acids is 1. The van der Waals surface area contributed by atoms with Crippen LogP contribution in [0, 0.1) is 11.3 Å². The lowest BCUT2D eigenvalue weighted by molar-refractivity contribution is 0.100. The second-order valence-electron chi connectivity index (χ2n) is 3.51. The van der Waals surface area contributed by atoms with Gasteiger partial charge in [0.15, 0.2) is 0 Å². The molecule has 5 heteroatoms. The normalized spacial score (nSPS) is 9.82. The highest BCUT2D eigenvalue weighted by Gasteiger charge is 2.09. The smallest absolute Gasteiger partial charge is 0.250 e. The van der Waals surface area contributed by atoms with Gasteiger partial charge in [-0.15, -0.1) is 0 Å². The summed E-state index contributed by atoms with van der Waals surface area (Å²) in [5, 5.41) is 8.91. The third kappa shape index (κ3) is 1.84. The van der Waals surface area contributed by atoms with E-state index in [-0.39, 0.29) is 5.56 Å². The van der Waals surface area contributed by atoms with E-state index >= 15 is 0 Å². The standard InChI is InChI=1S/C12H10N4O/c13-7-9-2-1-5-16(9)8-3-4-11(14)10(6-8)12(15)17/h1-6H,14H2,(H2,15,17). The predicted octanol–water partition coefficient (Wildman–Crippen LogP) is 1.03. The Bertz CT molecular complexity index is 622. The van der Waals surface area contributed by atoms with Crippen LogP contribution < -0.4 is 11.5 Å². The van der Waals surface area contributed by atoms with Crippen molar-refractivity contribution in [1.82, 2.24) is 4.57 Å². The highest BCUT2D eigenvalue weighted by molar-refractivity contribution is 5.98. The molecule has 0 radical (unpaired) electrons. The number of hydrogen-bond donors (Lipinski definition) is 2. The van der Waals surface area contributed by atoms with Crippen molar-refractivity contribution in [3.8, 4) is 11.8 Å². The summed E-state index contributed by atoms with van der Waals surface area (Å²) >= 11 is 0. The molecule has 84 valence electrons. The van der Waals surface area contributed by atoms with Crippen LogP contribution in [-0.2, 0) is 0 Å². The van der Waals surface area contributed by atoms with Crippen molar-refractivity contribution < 1.29 is 4.79 Å². The van der Waals surface area contributed by atoms with E-state index in [1.807, 2.05) is 0 Å². The molecule has 1 aromatic carbocycles. The van der Waals surface area contributed by atoms with Crippen LogP contribution in [0.2, 0.25) is 0 Å². The topological polar surface area (TPSA) is 97.8 Å². The lowest BCUT2D eigenvalue weighted by Crippen LogP contribution is -2.14. The number of nitrogens with zero attached hydrogens (tertiary/aromatic N) is 2. The minimum atomic E-state index is -0.588. The number of hydrogen-bond acceptors (Lipinski definition) is 3. The van der Waals surface area contributed by atoms with Crippen molar-refractivity contribution in [2.24, 2.45) is 5.73 Å². The van der Waals surface area contributed by atoms with Crippen molar-refractivity contribution in [3.05, 3.63) is 47.8 Å². The molecule has 5 nitrogen and oxygen atoms in total. The summed E-state index contributed by atoms with van der Waals surface area (Å²) in [6.45, 7) is 0. The van der Waals surface area contributed by atoms with Crippen LogP contribution in [0.1, 0.15) is 16.1 Å². The number of nitrogen functional groups attached to an aromatic ring is 1. The second-order valence-corrected chi connectivity index (χ2v) is 3.51. The van der Waals surface area contributed by atoms with Crippen LogP contribution >= 0.6 is 0 Å². The number of anilines is 1. The first kappa shape index (κ1) is 10.8. The average molecular weight is 226 g/mol. The molecule has 0 spiro atoms. The molecule has 0 saturated heterocycles. The molecule has 0 saturated carbocycles. The fourth-order valence-corrected chi connectivity index (χ4v) is 1.60.